The van der Waals surface area contributed by atoms with Gasteiger partial charge in [-0.1, -0.05) is 32.0 Å². The van der Waals surface area contributed by atoms with Gasteiger partial charge >= 0.3 is 0 Å². The fourth-order valence-electron chi connectivity index (χ4n) is 3.86. The Morgan fingerprint density at radius 2 is 1.54 bits per heavy atom. The molecule has 0 saturated heterocycles. The fourth-order valence-corrected chi connectivity index (χ4v) is 3.86. The second-order valence-corrected chi connectivity index (χ2v) is 7.87. The van der Waals surface area contributed by atoms with E-state index in [0.717, 1.165) is 0 Å². The van der Waals surface area contributed by atoms with Gasteiger partial charge in [0.25, 0.3) is 0 Å². The molecule has 0 aliphatic heterocycles. The van der Waals surface area contributed by atoms with Gasteiger partial charge in [0.2, 0.25) is 5.69 Å². The Morgan fingerprint density at radius 1 is 0.885 bits per heavy atom. The molecule has 2 heteroatoms. The number of hydrogen-bond acceptors (Lipinski definition) is 0. The van der Waals surface area contributed by atoms with Crippen molar-refractivity contribution in [3.63, 3.8) is 0 Å². The topological polar surface area (TPSA) is 8.81 Å². The zero-order valence-corrected chi connectivity index (χ0v) is 17.4. The van der Waals surface area contributed by atoms with E-state index in [1.165, 1.54) is 50.6 Å². The molecule has 2 nitrogen and oxygen atoms in total. The van der Waals surface area contributed by atoms with E-state index in [4.69, 9.17) is 0 Å². The highest BCUT2D eigenvalue weighted by atomic mass is 15.0. The molecular weight excluding hydrogens is 316 g/mol. The third kappa shape index (κ3) is 2.88. The maximum absolute atomic E-state index is 2.46. The molecule has 0 radical (unpaired) electrons. The fraction of sp³-hybridized carbons (Fsp3) is 0.375. The van der Waals surface area contributed by atoms with Gasteiger partial charge in [0.05, 0.1) is 0 Å². The number of aryl methyl sites for hydroxylation is 3. The molecule has 26 heavy (non-hydrogen) atoms. The Hall–Kier alpha value is -2.35. The molecule has 3 aromatic rings. The van der Waals surface area contributed by atoms with E-state index >= 15 is 0 Å². The van der Waals surface area contributed by atoms with Gasteiger partial charge in [0.1, 0.15) is 12.7 Å². The number of rotatable bonds is 3. The number of nitrogens with zero attached hydrogens (tertiary/aromatic N) is 2. The lowest BCUT2D eigenvalue weighted by molar-refractivity contribution is -0.661. The van der Waals surface area contributed by atoms with E-state index < -0.39 is 0 Å². The molecule has 0 saturated carbocycles. The zero-order valence-electron chi connectivity index (χ0n) is 17.4. The Labute approximate surface area is 158 Å². The zero-order chi connectivity index (χ0) is 19.2. The average molecular weight is 348 g/mol. The van der Waals surface area contributed by atoms with E-state index in [-0.39, 0.29) is 0 Å². The van der Waals surface area contributed by atoms with Crippen molar-refractivity contribution in [3.05, 3.63) is 70.0 Å². The monoisotopic (exact) mass is 347 g/mol. The SMILES string of the molecule is Cc1cc(-c2c(C)c(C)c(C)n2-c2ccccc2C(C)C)[n+](C)cc1C. The molecular formula is C24H31N2+. The molecule has 0 fully saturated rings. The van der Waals surface area contributed by atoms with Crippen molar-refractivity contribution in [1.29, 1.82) is 0 Å². The molecule has 136 valence electrons. The van der Waals surface area contributed by atoms with Crippen LogP contribution in [0.3, 0.4) is 0 Å². The smallest absolute Gasteiger partial charge is 0.229 e. The first-order valence-electron chi connectivity index (χ1n) is 9.49. The van der Waals surface area contributed by atoms with Gasteiger partial charge < -0.3 is 4.57 Å². The minimum Gasteiger partial charge on any atom is -0.308 e. The highest BCUT2D eigenvalue weighted by Crippen LogP contribution is 2.35. The number of benzene rings is 1. The first-order valence-corrected chi connectivity index (χ1v) is 9.49. The van der Waals surface area contributed by atoms with Gasteiger partial charge in [-0.2, -0.15) is 4.57 Å². The summed E-state index contributed by atoms with van der Waals surface area (Å²) in [5.41, 5.74) is 12.0. The van der Waals surface area contributed by atoms with Crippen molar-refractivity contribution in [1.82, 2.24) is 4.57 Å². The molecule has 0 N–H and O–H groups in total. The lowest BCUT2D eigenvalue weighted by atomic mass is 10.0. The van der Waals surface area contributed by atoms with Gasteiger partial charge in [-0.15, -0.1) is 0 Å². The van der Waals surface area contributed by atoms with Gasteiger partial charge in [-0.25, -0.2) is 0 Å². The summed E-state index contributed by atoms with van der Waals surface area (Å²) in [6, 6.07) is 11.1. The molecule has 2 aromatic heterocycles. The Kier molecular flexibility index (Phi) is 4.79. The van der Waals surface area contributed by atoms with Crippen molar-refractivity contribution in [3.8, 4) is 17.1 Å². The van der Waals surface area contributed by atoms with Crippen LogP contribution in [0.5, 0.6) is 0 Å². The summed E-state index contributed by atoms with van der Waals surface area (Å²) in [6.07, 6.45) is 2.24. The van der Waals surface area contributed by atoms with E-state index in [1.807, 2.05) is 0 Å². The van der Waals surface area contributed by atoms with Gasteiger partial charge in [-0.3, -0.25) is 0 Å². The Bertz CT molecular complexity index is 974. The summed E-state index contributed by atoms with van der Waals surface area (Å²) in [6.45, 7) is 15.6. The lowest BCUT2D eigenvalue weighted by Crippen LogP contribution is -2.32. The second kappa shape index (κ2) is 6.75. The molecule has 0 aliphatic rings. The molecule has 2 heterocycles. The quantitative estimate of drug-likeness (QED) is 0.543. The number of hydrogen-bond donors (Lipinski definition) is 0. The van der Waals surface area contributed by atoms with E-state index in [2.05, 4.69) is 101 Å². The molecule has 0 unspecified atom stereocenters. The third-order valence-electron chi connectivity index (χ3n) is 5.80. The predicted octanol–water partition coefficient (Wildman–Crippen LogP) is 5.63. The predicted molar refractivity (Wildman–Crippen MR) is 110 cm³/mol. The number of para-hydroxylation sites is 1. The average Bonchev–Trinajstić information content (AvgIpc) is 2.82. The van der Waals surface area contributed by atoms with Gasteiger partial charge in [0, 0.05) is 23.0 Å². The highest BCUT2D eigenvalue weighted by Gasteiger charge is 2.25. The normalized spacial score (nSPS) is 11.4. The minimum atomic E-state index is 0.481. The van der Waals surface area contributed by atoms with E-state index in [9.17, 15) is 0 Å². The Balaban J connectivity index is 2.41. The number of aromatic nitrogens is 2. The lowest BCUT2D eigenvalue weighted by Gasteiger charge is -2.18. The summed E-state index contributed by atoms with van der Waals surface area (Å²) in [7, 11) is 2.15. The summed E-state index contributed by atoms with van der Waals surface area (Å²) in [4.78, 5) is 0. The standard InChI is InChI=1S/C24H31N2/c1-15(2)21-11-9-10-12-22(21)26-20(7)18(5)19(6)24(26)23-13-16(3)17(4)14-25(23)8/h9-15H,1-8H3/q+1. The van der Waals surface area contributed by atoms with Crippen LogP contribution in [0.4, 0.5) is 0 Å². The summed E-state index contributed by atoms with van der Waals surface area (Å²) < 4.78 is 4.72. The summed E-state index contributed by atoms with van der Waals surface area (Å²) >= 11 is 0. The van der Waals surface area contributed by atoms with Crippen LogP contribution in [0.25, 0.3) is 17.1 Å². The molecule has 0 bridgehead atoms. The van der Waals surface area contributed by atoms with E-state index in [0.29, 0.717) is 5.92 Å². The largest absolute Gasteiger partial charge is 0.308 e. The van der Waals surface area contributed by atoms with Crippen LogP contribution in [0.15, 0.2) is 36.5 Å². The molecule has 1 aromatic carbocycles. The highest BCUT2D eigenvalue weighted by molar-refractivity contribution is 5.67. The van der Waals surface area contributed by atoms with Gasteiger partial charge in [-0.05, 0) is 68.9 Å². The summed E-state index contributed by atoms with van der Waals surface area (Å²) in [5, 5.41) is 0. The van der Waals surface area contributed by atoms with Crippen LogP contribution in [0.1, 0.15) is 53.3 Å². The van der Waals surface area contributed by atoms with Crippen LogP contribution in [0, 0.1) is 34.6 Å². The van der Waals surface area contributed by atoms with E-state index in [1.54, 1.807) is 0 Å². The first kappa shape index (κ1) is 18.4. The molecule has 0 amide bonds. The molecule has 0 aliphatic carbocycles. The first-order chi connectivity index (χ1) is 12.2. The van der Waals surface area contributed by atoms with Crippen LogP contribution < -0.4 is 4.57 Å². The van der Waals surface area contributed by atoms with Crippen LogP contribution in [-0.2, 0) is 7.05 Å². The third-order valence-corrected chi connectivity index (χ3v) is 5.80. The maximum atomic E-state index is 2.46. The Morgan fingerprint density at radius 3 is 2.19 bits per heavy atom. The van der Waals surface area contributed by atoms with Crippen LogP contribution in [-0.4, -0.2) is 4.57 Å². The van der Waals surface area contributed by atoms with Crippen molar-refractivity contribution in [2.75, 3.05) is 0 Å². The van der Waals surface area contributed by atoms with Crippen molar-refractivity contribution >= 4 is 0 Å². The van der Waals surface area contributed by atoms with Crippen LogP contribution in [0.2, 0.25) is 0 Å². The molecule has 3 rings (SSSR count). The maximum Gasteiger partial charge on any atom is 0.229 e. The van der Waals surface area contributed by atoms with Crippen molar-refractivity contribution in [2.45, 2.75) is 54.4 Å². The van der Waals surface area contributed by atoms with Crippen LogP contribution >= 0.6 is 0 Å². The minimum absolute atomic E-state index is 0.481. The van der Waals surface area contributed by atoms with Crippen molar-refractivity contribution in [2.24, 2.45) is 7.05 Å². The number of pyridine rings is 1. The molecule has 0 atom stereocenters. The van der Waals surface area contributed by atoms with Crippen molar-refractivity contribution < 1.29 is 4.57 Å². The second-order valence-electron chi connectivity index (χ2n) is 7.87. The molecule has 0 spiro atoms. The van der Waals surface area contributed by atoms with Gasteiger partial charge in [0.15, 0.2) is 6.20 Å². The summed E-state index contributed by atoms with van der Waals surface area (Å²) in [5.74, 6) is 0.481.